The standard InChI is InChI=1S/C7HF11/c8-2(9)1-3(10,11)6(15,16)5(2,14)7(17,18)4(1,12)13/h1H. The molecule has 2 bridgehead atoms. The zero-order valence-corrected chi connectivity index (χ0v) is 7.73. The summed E-state index contributed by atoms with van der Waals surface area (Å²) in [6, 6.07) is 0. The summed E-state index contributed by atoms with van der Waals surface area (Å²) in [6.07, 6.45) is 0. The van der Waals surface area contributed by atoms with E-state index in [2.05, 4.69) is 0 Å². The Balaban J connectivity index is 2.87. The molecule has 2 saturated carbocycles. The molecule has 0 atom stereocenters. The second-order valence-corrected chi connectivity index (χ2v) is 4.11. The highest BCUT2D eigenvalue weighted by molar-refractivity contribution is 5.38. The summed E-state index contributed by atoms with van der Waals surface area (Å²) >= 11 is 0. The minimum atomic E-state index is -6.63. The zero-order valence-electron chi connectivity index (χ0n) is 7.73. The van der Waals surface area contributed by atoms with Crippen LogP contribution in [0.15, 0.2) is 0 Å². The predicted molar refractivity (Wildman–Crippen MR) is 32.1 cm³/mol. The number of hydrogen-bond acceptors (Lipinski definition) is 0. The molecule has 106 valence electrons. The molecule has 18 heavy (non-hydrogen) atoms. The van der Waals surface area contributed by atoms with E-state index in [4.69, 9.17) is 0 Å². The molecule has 0 spiro atoms. The van der Waals surface area contributed by atoms with Gasteiger partial charge < -0.3 is 0 Å². The normalized spacial score (nSPS) is 45.2. The Morgan fingerprint density at radius 2 is 0.722 bits per heavy atom. The highest BCUT2D eigenvalue weighted by Gasteiger charge is 3.10. The van der Waals surface area contributed by atoms with Crippen LogP contribution in [-0.4, -0.2) is 35.3 Å². The van der Waals surface area contributed by atoms with E-state index in [1.54, 1.807) is 0 Å². The molecule has 11 heteroatoms. The van der Waals surface area contributed by atoms with Gasteiger partial charge in [0, 0.05) is 0 Å². The van der Waals surface area contributed by atoms with Crippen LogP contribution in [0.1, 0.15) is 0 Å². The summed E-state index contributed by atoms with van der Waals surface area (Å²) in [6.45, 7) is 0. The molecule has 0 radical (unpaired) electrons. The summed E-state index contributed by atoms with van der Waals surface area (Å²) in [5, 5.41) is 0. The predicted octanol–water partition coefficient (Wildman–Crippen LogP) is 3.51. The summed E-state index contributed by atoms with van der Waals surface area (Å²) in [4.78, 5) is 0. The third-order valence-electron chi connectivity index (χ3n) is 3.25. The zero-order chi connectivity index (χ0) is 14.6. The van der Waals surface area contributed by atoms with Crippen molar-refractivity contribution in [1.82, 2.24) is 0 Å². The van der Waals surface area contributed by atoms with Crippen LogP contribution in [0, 0.1) is 5.92 Å². The van der Waals surface area contributed by atoms with Gasteiger partial charge >= 0.3 is 35.3 Å². The molecule has 0 amide bonds. The van der Waals surface area contributed by atoms with E-state index >= 15 is 0 Å². The summed E-state index contributed by atoms with van der Waals surface area (Å²) < 4.78 is 141. The largest absolute Gasteiger partial charge is 0.356 e. The molecule has 0 saturated heterocycles. The number of fused-ring (bicyclic) bond motifs is 2. The first-order chi connectivity index (χ1) is 7.62. The summed E-state index contributed by atoms with van der Waals surface area (Å²) in [7, 11) is 0. The molecule has 2 aliphatic carbocycles. The lowest BCUT2D eigenvalue weighted by molar-refractivity contribution is -0.382. The van der Waals surface area contributed by atoms with E-state index in [-0.39, 0.29) is 0 Å². The first kappa shape index (κ1) is 13.7. The highest BCUT2D eigenvalue weighted by Crippen LogP contribution is 2.80. The Hall–Kier alpha value is -0.770. The van der Waals surface area contributed by atoms with E-state index in [0.717, 1.165) is 0 Å². The van der Waals surface area contributed by atoms with Gasteiger partial charge in [0.2, 0.25) is 0 Å². The van der Waals surface area contributed by atoms with Crippen molar-refractivity contribution in [2.24, 2.45) is 5.92 Å². The summed E-state index contributed by atoms with van der Waals surface area (Å²) in [5.74, 6) is -37.2. The SMILES string of the molecule is FC1(F)C2C(F)(F)C(F)(F)C(F)(C2(F)F)C1(F)F. The van der Waals surface area contributed by atoms with Gasteiger partial charge in [0.25, 0.3) is 0 Å². The van der Waals surface area contributed by atoms with Crippen LogP contribution < -0.4 is 0 Å². The molecular formula is C7HF11. The van der Waals surface area contributed by atoms with Gasteiger partial charge in [-0.15, -0.1) is 0 Å². The van der Waals surface area contributed by atoms with Crippen molar-refractivity contribution in [3.8, 4) is 0 Å². The van der Waals surface area contributed by atoms with Crippen molar-refractivity contribution < 1.29 is 48.3 Å². The second kappa shape index (κ2) is 2.58. The second-order valence-electron chi connectivity index (χ2n) is 4.11. The van der Waals surface area contributed by atoms with E-state index in [0.29, 0.717) is 0 Å². The molecular weight excluding hydrogens is 293 g/mol. The first-order valence-corrected chi connectivity index (χ1v) is 4.19. The molecule has 0 aromatic rings. The van der Waals surface area contributed by atoms with Gasteiger partial charge in [-0.25, -0.2) is 13.2 Å². The minimum absolute atomic E-state index is 5.10. The van der Waals surface area contributed by atoms with Gasteiger partial charge in [0.15, 0.2) is 5.92 Å². The third-order valence-corrected chi connectivity index (χ3v) is 3.25. The smallest absolute Gasteiger partial charge is 0.223 e. The van der Waals surface area contributed by atoms with Crippen LogP contribution in [0.3, 0.4) is 0 Å². The van der Waals surface area contributed by atoms with Gasteiger partial charge in [-0.3, -0.25) is 0 Å². The Morgan fingerprint density at radius 1 is 0.444 bits per heavy atom. The Labute approximate surface area is 90.7 Å². The van der Waals surface area contributed by atoms with E-state index in [9.17, 15) is 48.3 Å². The lowest BCUT2D eigenvalue weighted by Gasteiger charge is -2.40. The number of hydrogen-bond donors (Lipinski definition) is 0. The summed E-state index contributed by atoms with van der Waals surface area (Å²) in [5.41, 5.74) is -6.63. The maximum absolute atomic E-state index is 13.2. The van der Waals surface area contributed by atoms with Crippen molar-refractivity contribution in [1.29, 1.82) is 0 Å². The van der Waals surface area contributed by atoms with Crippen molar-refractivity contribution in [2.75, 3.05) is 0 Å². The quantitative estimate of drug-likeness (QED) is 0.600. The average Bonchev–Trinajstić information content (AvgIpc) is 2.24. The topological polar surface area (TPSA) is 0 Å². The Bertz CT molecular complexity index is 380. The monoisotopic (exact) mass is 294 g/mol. The fourth-order valence-electron chi connectivity index (χ4n) is 2.32. The third kappa shape index (κ3) is 0.796. The van der Waals surface area contributed by atoms with Crippen LogP contribution in [0.5, 0.6) is 0 Å². The fourth-order valence-corrected chi connectivity index (χ4v) is 2.32. The van der Waals surface area contributed by atoms with Crippen molar-refractivity contribution in [3.05, 3.63) is 0 Å². The molecule has 0 heterocycles. The Morgan fingerprint density at radius 3 is 0.889 bits per heavy atom. The maximum atomic E-state index is 13.2. The number of halogens is 11. The van der Waals surface area contributed by atoms with Crippen molar-refractivity contribution in [3.63, 3.8) is 0 Å². The minimum Gasteiger partial charge on any atom is -0.223 e. The molecule has 0 nitrogen and oxygen atoms in total. The van der Waals surface area contributed by atoms with Crippen molar-refractivity contribution >= 4 is 0 Å². The van der Waals surface area contributed by atoms with E-state index in [1.807, 2.05) is 0 Å². The van der Waals surface area contributed by atoms with Crippen molar-refractivity contribution in [2.45, 2.75) is 35.3 Å². The van der Waals surface area contributed by atoms with Gasteiger partial charge in [-0.2, -0.15) is 35.1 Å². The molecule has 0 unspecified atom stereocenters. The molecule has 0 aromatic heterocycles. The number of rotatable bonds is 0. The molecule has 2 rings (SSSR count). The number of alkyl halides is 11. The van der Waals surface area contributed by atoms with Crippen LogP contribution in [0.2, 0.25) is 0 Å². The maximum Gasteiger partial charge on any atom is 0.356 e. The Kier molecular flexibility index (Phi) is 1.95. The van der Waals surface area contributed by atoms with Gasteiger partial charge in [0.1, 0.15) is 0 Å². The lowest BCUT2D eigenvalue weighted by Crippen LogP contribution is -2.70. The van der Waals surface area contributed by atoms with Gasteiger partial charge in [-0.1, -0.05) is 0 Å². The molecule has 0 aromatic carbocycles. The molecule has 2 fully saturated rings. The molecule has 2 aliphatic rings. The first-order valence-electron chi connectivity index (χ1n) is 4.19. The van der Waals surface area contributed by atoms with E-state index < -0.39 is 41.2 Å². The van der Waals surface area contributed by atoms with Gasteiger partial charge in [0.05, 0.1) is 0 Å². The molecule has 0 N–H and O–H groups in total. The molecule has 0 aliphatic heterocycles. The van der Waals surface area contributed by atoms with E-state index in [1.165, 1.54) is 0 Å². The van der Waals surface area contributed by atoms with Gasteiger partial charge in [-0.05, 0) is 0 Å². The van der Waals surface area contributed by atoms with Crippen LogP contribution in [-0.2, 0) is 0 Å². The fraction of sp³-hybridized carbons (Fsp3) is 1.00. The highest BCUT2D eigenvalue weighted by atomic mass is 19.4. The lowest BCUT2D eigenvalue weighted by atomic mass is 9.84. The average molecular weight is 294 g/mol. The van der Waals surface area contributed by atoms with Crippen LogP contribution in [0.4, 0.5) is 48.3 Å². The van der Waals surface area contributed by atoms with Crippen LogP contribution in [0.25, 0.3) is 0 Å². The van der Waals surface area contributed by atoms with Crippen LogP contribution >= 0.6 is 0 Å².